The lowest BCUT2D eigenvalue weighted by atomic mass is 9.98. The lowest BCUT2D eigenvalue weighted by molar-refractivity contribution is -0.141. The predicted octanol–water partition coefficient (Wildman–Crippen LogP) is 4.13. The van der Waals surface area contributed by atoms with Crippen molar-refractivity contribution in [3.63, 3.8) is 0 Å². The van der Waals surface area contributed by atoms with Gasteiger partial charge >= 0.3 is 5.97 Å². The second-order valence-electron chi connectivity index (χ2n) is 5.96. The smallest absolute Gasteiger partial charge is 0.303 e. The number of benzene rings is 2. The molecule has 134 valence electrons. The highest BCUT2D eigenvalue weighted by Crippen LogP contribution is 2.33. The summed E-state index contributed by atoms with van der Waals surface area (Å²) in [7, 11) is 0. The van der Waals surface area contributed by atoms with Gasteiger partial charge in [0.2, 0.25) is 5.91 Å². The number of hydrazone groups is 1. The topological polar surface area (TPSA) is 70.0 Å². The van der Waals surface area contributed by atoms with Crippen LogP contribution in [0.1, 0.15) is 36.4 Å². The first-order chi connectivity index (χ1) is 12.4. The minimum absolute atomic E-state index is 0.135. The van der Waals surface area contributed by atoms with Crippen LogP contribution in [-0.4, -0.2) is 27.7 Å². The number of aliphatic carboxylic acids is 1. The van der Waals surface area contributed by atoms with E-state index in [0.717, 1.165) is 21.3 Å². The van der Waals surface area contributed by atoms with Gasteiger partial charge in [0.25, 0.3) is 0 Å². The van der Waals surface area contributed by atoms with E-state index in [4.69, 9.17) is 5.11 Å². The zero-order valence-corrected chi connectivity index (χ0v) is 15.3. The number of carboxylic acids is 1. The van der Waals surface area contributed by atoms with Crippen molar-refractivity contribution in [3.8, 4) is 0 Å². The summed E-state index contributed by atoms with van der Waals surface area (Å²) in [6, 6.07) is 13.1. The van der Waals surface area contributed by atoms with Gasteiger partial charge in [0.1, 0.15) is 5.82 Å². The first kappa shape index (κ1) is 18.3. The number of carbonyl (C=O) groups excluding carboxylic acids is 1. The number of carboxylic acid groups (broad SMARTS) is 1. The Kier molecular flexibility index (Phi) is 5.46. The van der Waals surface area contributed by atoms with Gasteiger partial charge in [0, 0.05) is 17.3 Å². The highest BCUT2D eigenvalue weighted by molar-refractivity contribution is 9.10. The third kappa shape index (κ3) is 4.16. The molecular weight excluding hydrogens is 403 g/mol. The van der Waals surface area contributed by atoms with E-state index in [0.29, 0.717) is 6.42 Å². The van der Waals surface area contributed by atoms with Crippen LogP contribution in [0.25, 0.3) is 0 Å². The van der Waals surface area contributed by atoms with E-state index in [2.05, 4.69) is 21.0 Å². The lowest BCUT2D eigenvalue weighted by Crippen LogP contribution is -2.27. The molecule has 0 unspecified atom stereocenters. The van der Waals surface area contributed by atoms with Crippen LogP contribution >= 0.6 is 15.9 Å². The molecule has 2 aromatic rings. The molecule has 0 aromatic heterocycles. The Morgan fingerprint density at radius 1 is 1.12 bits per heavy atom. The number of halogens is 2. The van der Waals surface area contributed by atoms with Crippen LogP contribution < -0.4 is 0 Å². The van der Waals surface area contributed by atoms with Crippen molar-refractivity contribution in [2.45, 2.75) is 25.3 Å². The predicted molar refractivity (Wildman–Crippen MR) is 98.2 cm³/mol. The van der Waals surface area contributed by atoms with Crippen LogP contribution in [0.2, 0.25) is 0 Å². The molecule has 5 nitrogen and oxygen atoms in total. The Morgan fingerprint density at radius 2 is 1.77 bits per heavy atom. The minimum atomic E-state index is -1.03. The van der Waals surface area contributed by atoms with Crippen LogP contribution in [0, 0.1) is 5.82 Å². The zero-order valence-electron chi connectivity index (χ0n) is 13.7. The Morgan fingerprint density at radius 3 is 2.38 bits per heavy atom. The molecule has 1 N–H and O–H groups in total. The molecule has 1 amide bonds. The largest absolute Gasteiger partial charge is 0.481 e. The maximum Gasteiger partial charge on any atom is 0.303 e. The summed E-state index contributed by atoms with van der Waals surface area (Å²) in [6.45, 7) is 0. The van der Waals surface area contributed by atoms with Crippen molar-refractivity contribution in [2.24, 2.45) is 5.10 Å². The molecule has 0 spiro atoms. The number of amides is 1. The van der Waals surface area contributed by atoms with Gasteiger partial charge in [0.05, 0.1) is 18.2 Å². The molecule has 2 aromatic carbocycles. The van der Waals surface area contributed by atoms with Crippen molar-refractivity contribution in [2.75, 3.05) is 0 Å². The SMILES string of the molecule is O=C(O)CCC(=O)N1N=C(c2ccc(Br)cc2)C[C@@H]1c1ccc(F)cc1. The van der Waals surface area contributed by atoms with E-state index in [1.54, 1.807) is 12.1 Å². The van der Waals surface area contributed by atoms with Crippen molar-refractivity contribution in [1.29, 1.82) is 0 Å². The van der Waals surface area contributed by atoms with E-state index in [9.17, 15) is 14.0 Å². The molecule has 1 heterocycles. The summed E-state index contributed by atoms with van der Waals surface area (Å²) in [4.78, 5) is 23.3. The first-order valence-corrected chi connectivity index (χ1v) is 8.86. The summed E-state index contributed by atoms with van der Waals surface area (Å²) in [6.07, 6.45) is 0.0881. The number of carbonyl (C=O) groups is 2. The Labute approximate surface area is 158 Å². The minimum Gasteiger partial charge on any atom is -0.481 e. The second kappa shape index (κ2) is 7.78. The molecule has 0 bridgehead atoms. The first-order valence-electron chi connectivity index (χ1n) is 8.07. The number of hydrogen-bond donors (Lipinski definition) is 1. The average molecular weight is 419 g/mol. The van der Waals surface area contributed by atoms with Crippen molar-refractivity contribution >= 4 is 33.5 Å². The highest BCUT2D eigenvalue weighted by atomic mass is 79.9. The van der Waals surface area contributed by atoms with Gasteiger partial charge in [-0.3, -0.25) is 9.59 Å². The van der Waals surface area contributed by atoms with E-state index in [1.165, 1.54) is 17.1 Å². The van der Waals surface area contributed by atoms with Gasteiger partial charge in [0.15, 0.2) is 0 Å². The quantitative estimate of drug-likeness (QED) is 0.793. The Hall–Kier alpha value is -2.54. The van der Waals surface area contributed by atoms with E-state index in [-0.39, 0.29) is 30.6 Å². The second-order valence-corrected chi connectivity index (χ2v) is 6.87. The molecule has 7 heteroatoms. The van der Waals surface area contributed by atoms with Gasteiger partial charge in [-0.1, -0.05) is 40.2 Å². The van der Waals surface area contributed by atoms with E-state index < -0.39 is 5.97 Å². The molecule has 26 heavy (non-hydrogen) atoms. The van der Waals surface area contributed by atoms with Crippen molar-refractivity contribution in [3.05, 3.63) is 69.9 Å². The van der Waals surface area contributed by atoms with Gasteiger partial charge in [-0.05, 0) is 35.4 Å². The molecule has 0 saturated heterocycles. The van der Waals surface area contributed by atoms with Gasteiger partial charge < -0.3 is 5.11 Å². The molecule has 3 rings (SSSR count). The Balaban J connectivity index is 1.89. The summed E-state index contributed by atoms with van der Waals surface area (Å²) >= 11 is 3.38. The molecule has 1 aliphatic rings. The van der Waals surface area contributed by atoms with Crippen LogP contribution in [-0.2, 0) is 9.59 Å². The number of nitrogens with zero attached hydrogens (tertiary/aromatic N) is 2. The normalized spacial score (nSPS) is 16.5. The van der Waals surface area contributed by atoms with E-state index >= 15 is 0 Å². The van der Waals surface area contributed by atoms with Gasteiger partial charge in [-0.15, -0.1) is 0 Å². The summed E-state index contributed by atoms with van der Waals surface area (Å²) in [5.41, 5.74) is 2.37. The lowest BCUT2D eigenvalue weighted by Gasteiger charge is -2.21. The maximum atomic E-state index is 13.2. The number of rotatable bonds is 5. The van der Waals surface area contributed by atoms with E-state index in [1.807, 2.05) is 24.3 Å². The highest BCUT2D eigenvalue weighted by Gasteiger charge is 2.33. The van der Waals surface area contributed by atoms with Crippen molar-refractivity contribution < 1.29 is 19.1 Å². The molecule has 0 fully saturated rings. The fraction of sp³-hybridized carbons (Fsp3) is 0.211. The van der Waals surface area contributed by atoms with Gasteiger partial charge in [-0.25, -0.2) is 9.40 Å². The third-order valence-corrected chi connectivity index (χ3v) is 4.68. The zero-order chi connectivity index (χ0) is 18.7. The van der Waals surface area contributed by atoms with Crippen molar-refractivity contribution in [1.82, 2.24) is 5.01 Å². The number of hydrogen-bond acceptors (Lipinski definition) is 3. The third-order valence-electron chi connectivity index (χ3n) is 4.15. The Bertz CT molecular complexity index is 850. The summed E-state index contributed by atoms with van der Waals surface area (Å²) in [5, 5.41) is 14.6. The summed E-state index contributed by atoms with van der Waals surface area (Å²) in [5.74, 6) is -1.76. The molecule has 0 aliphatic carbocycles. The summed E-state index contributed by atoms with van der Waals surface area (Å²) < 4.78 is 14.2. The van der Waals surface area contributed by atoms with Crippen LogP contribution in [0.4, 0.5) is 4.39 Å². The fourth-order valence-corrected chi connectivity index (χ4v) is 3.09. The maximum absolute atomic E-state index is 13.2. The monoisotopic (exact) mass is 418 g/mol. The molecule has 0 radical (unpaired) electrons. The van der Waals surface area contributed by atoms with Gasteiger partial charge in [-0.2, -0.15) is 5.10 Å². The fourth-order valence-electron chi connectivity index (χ4n) is 2.83. The van der Waals surface area contributed by atoms with Crippen LogP contribution in [0.15, 0.2) is 58.1 Å². The molecule has 0 saturated carbocycles. The average Bonchev–Trinajstić information content (AvgIpc) is 3.06. The molecule has 1 aliphatic heterocycles. The standard InChI is InChI=1S/C19H16BrFN2O3/c20-14-5-1-12(2-6-14)16-11-17(13-3-7-15(21)8-4-13)23(22-16)18(24)9-10-19(25)26/h1-8,17H,9-11H2,(H,25,26)/t17-/m1/s1. The van der Waals surface area contributed by atoms with Crippen LogP contribution in [0.3, 0.4) is 0 Å². The van der Waals surface area contributed by atoms with Crippen LogP contribution in [0.5, 0.6) is 0 Å². The molecular formula is C19H16BrFN2O3. The molecule has 1 atom stereocenters.